The zero-order valence-corrected chi connectivity index (χ0v) is 9.48. The highest BCUT2D eigenvalue weighted by atomic mass is 16.5. The maximum absolute atomic E-state index is 11.2. The van der Waals surface area contributed by atoms with Gasteiger partial charge in [-0.25, -0.2) is 0 Å². The summed E-state index contributed by atoms with van der Waals surface area (Å²) < 4.78 is 4.58. The van der Waals surface area contributed by atoms with Crippen LogP contribution in [0.5, 0.6) is 0 Å². The Morgan fingerprint density at radius 2 is 2.25 bits per heavy atom. The Hall–Kier alpha value is -1.61. The summed E-state index contributed by atoms with van der Waals surface area (Å²) in [5.41, 5.74) is 7.90. The summed E-state index contributed by atoms with van der Waals surface area (Å²) in [7, 11) is 1.34. The molecule has 3 nitrogen and oxygen atoms in total. The molecule has 0 amide bonds. The van der Waals surface area contributed by atoms with Crippen molar-refractivity contribution in [3.8, 4) is 0 Å². The molecule has 0 bridgehead atoms. The van der Waals surface area contributed by atoms with Crippen molar-refractivity contribution in [3.63, 3.8) is 0 Å². The average Bonchev–Trinajstić information content (AvgIpc) is 2.29. The first kappa shape index (κ1) is 12.5. The van der Waals surface area contributed by atoms with E-state index >= 15 is 0 Å². The van der Waals surface area contributed by atoms with Gasteiger partial charge < -0.3 is 10.5 Å². The van der Waals surface area contributed by atoms with Crippen LogP contribution in [-0.2, 0) is 22.4 Å². The van der Waals surface area contributed by atoms with Gasteiger partial charge >= 0.3 is 5.97 Å². The van der Waals surface area contributed by atoms with E-state index in [0.717, 1.165) is 12.0 Å². The van der Waals surface area contributed by atoms with E-state index in [-0.39, 0.29) is 5.97 Å². The quantitative estimate of drug-likeness (QED) is 0.602. The van der Waals surface area contributed by atoms with Crippen LogP contribution in [0.4, 0.5) is 0 Å². The van der Waals surface area contributed by atoms with Crippen molar-refractivity contribution in [1.82, 2.24) is 0 Å². The highest BCUT2D eigenvalue weighted by molar-refractivity contribution is 5.75. The summed E-state index contributed by atoms with van der Waals surface area (Å²) in [4.78, 5) is 11.2. The van der Waals surface area contributed by atoms with Crippen molar-refractivity contribution in [2.45, 2.75) is 18.9 Å². The van der Waals surface area contributed by atoms with Crippen molar-refractivity contribution in [2.24, 2.45) is 5.73 Å². The van der Waals surface area contributed by atoms with E-state index in [4.69, 9.17) is 5.73 Å². The Bertz CT molecular complexity index is 374. The predicted octanol–water partition coefficient (Wildman–Crippen LogP) is 1.46. The van der Waals surface area contributed by atoms with E-state index < -0.39 is 6.04 Å². The number of hydrogen-bond acceptors (Lipinski definition) is 3. The van der Waals surface area contributed by atoms with E-state index in [1.807, 2.05) is 30.3 Å². The first-order chi connectivity index (χ1) is 7.67. The van der Waals surface area contributed by atoms with Crippen molar-refractivity contribution < 1.29 is 9.53 Å². The van der Waals surface area contributed by atoms with Crippen LogP contribution in [0.1, 0.15) is 11.1 Å². The SMILES string of the molecule is C=CCc1cccc(CC(N)C(=O)OC)c1. The lowest BCUT2D eigenvalue weighted by atomic mass is 10.0. The minimum Gasteiger partial charge on any atom is -0.468 e. The fraction of sp³-hybridized carbons (Fsp3) is 0.308. The third-order valence-electron chi connectivity index (χ3n) is 2.33. The Labute approximate surface area is 95.9 Å². The van der Waals surface area contributed by atoms with Crippen LogP contribution in [-0.4, -0.2) is 19.1 Å². The second-order valence-electron chi connectivity index (χ2n) is 3.65. The molecule has 16 heavy (non-hydrogen) atoms. The minimum absolute atomic E-state index is 0.380. The average molecular weight is 219 g/mol. The van der Waals surface area contributed by atoms with Crippen LogP contribution in [0.2, 0.25) is 0 Å². The van der Waals surface area contributed by atoms with E-state index in [1.54, 1.807) is 0 Å². The molecular formula is C13H17NO2. The number of benzene rings is 1. The molecule has 0 saturated carbocycles. The molecule has 1 unspecified atom stereocenters. The van der Waals surface area contributed by atoms with Crippen LogP contribution in [0.15, 0.2) is 36.9 Å². The molecule has 1 aromatic rings. The Kier molecular flexibility index (Phi) is 4.73. The maximum atomic E-state index is 11.2. The summed E-state index contributed by atoms with van der Waals surface area (Å²) in [6, 6.07) is 7.37. The number of esters is 1. The summed E-state index contributed by atoms with van der Waals surface area (Å²) in [6.07, 6.45) is 3.16. The molecule has 86 valence electrons. The molecule has 0 fully saturated rings. The van der Waals surface area contributed by atoms with Crippen LogP contribution >= 0.6 is 0 Å². The van der Waals surface area contributed by atoms with Gasteiger partial charge in [0.05, 0.1) is 7.11 Å². The molecule has 1 rings (SSSR count). The maximum Gasteiger partial charge on any atom is 0.322 e. The van der Waals surface area contributed by atoms with E-state index in [1.165, 1.54) is 12.7 Å². The minimum atomic E-state index is -0.594. The number of carbonyl (C=O) groups is 1. The fourth-order valence-corrected chi connectivity index (χ4v) is 1.54. The number of methoxy groups -OCH3 is 1. The molecule has 0 heterocycles. The smallest absolute Gasteiger partial charge is 0.322 e. The predicted molar refractivity (Wildman–Crippen MR) is 64.0 cm³/mol. The lowest BCUT2D eigenvalue weighted by molar-refractivity contribution is -0.142. The highest BCUT2D eigenvalue weighted by Crippen LogP contribution is 2.08. The number of ether oxygens (including phenoxy) is 1. The molecule has 0 aliphatic carbocycles. The first-order valence-corrected chi connectivity index (χ1v) is 5.19. The van der Waals surface area contributed by atoms with E-state index in [2.05, 4.69) is 11.3 Å². The molecule has 0 aromatic heterocycles. The zero-order valence-electron chi connectivity index (χ0n) is 9.48. The molecule has 2 N–H and O–H groups in total. The first-order valence-electron chi connectivity index (χ1n) is 5.19. The lowest BCUT2D eigenvalue weighted by Gasteiger charge is -2.09. The highest BCUT2D eigenvalue weighted by Gasteiger charge is 2.13. The largest absolute Gasteiger partial charge is 0.468 e. The number of allylic oxidation sites excluding steroid dienone is 1. The topological polar surface area (TPSA) is 52.3 Å². The van der Waals surface area contributed by atoms with Crippen molar-refractivity contribution in [3.05, 3.63) is 48.0 Å². The Morgan fingerprint density at radius 3 is 2.88 bits per heavy atom. The third kappa shape index (κ3) is 3.51. The fourth-order valence-electron chi connectivity index (χ4n) is 1.54. The molecule has 3 heteroatoms. The van der Waals surface area contributed by atoms with Crippen molar-refractivity contribution >= 4 is 5.97 Å². The molecule has 0 aliphatic rings. The number of rotatable bonds is 5. The van der Waals surface area contributed by atoms with E-state index in [0.29, 0.717) is 6.42 Å². The summed E-state index contributed by atoms with van der Waals surface area (Å²) >= 11 is 0. The van der Waals surface area contributed by atoms with Crippen LogP contribution in [0.25, 0.3) is 0 Å². The van der Waals surface area contributed by atoms with Gasteiger partial charge in [0.25, 0.3) is 0 Å². The molecular weight excluding hydrogens is 202 g/mol. The van der Waals surface area contributed by atoms with Crippen LogP contribution in [0, 0.1) is 0 Å². The summed E-state index contributed by atoms with van der Waals surface area (Å²) in [5.74, 6) is -0.380. The molecule has 0 radical (unpaired) electrons. The normalized spacial score (nSPS) is 11.9. The van der Waals surface area contributed by atoms with Gasteiger partial charge in [-0.3, -0.25) is 4.79 Å². The lowest BCUT2D eigenvalue weighted by Crippen LogP contribution is -2.33. The summed E-state index contributed by atoms with van der Waals surface area (Å²) in [5, 5.41) is 0. The van der Waals surface area contributed by atoms with Crippen LogP contribution < -0.4 is 5.73 Å². The molecule has 0 spiro atoms. The van der Waals surface area contributed by atoms with Gasteiger partial charge in [-0.05, 0) is 24.0 Å². The second kappa shape index (κ2) is 6.08. The van der Waals surface area contributed by atoms with Gasteiger partial charge in [0.2, 0.25) is 0 Å². The standard InChI is InChI=1S/C13H17NO2/c1-3-5-10-6-4-7-11(8-10)9-12(14)13(15)16-2/h3-4,6-8,12H,1,5,9,14H2,2H3. The number of carbonyl (C=O) groups excluding carboxylic acids is 1. The van der Waals surface area contributed by atoms with Crippen molar-refractivity contribution in [2.75, 3.05) is 7.11 Å². The Morgan fingerprint density at radius 1 is 1.56 bits per heavy atom. The van der Waals surface area contributed by atoms with Gasteiger partial charge in [0.1, 0.15) is 6.04 Å². The van der Waals surface area contributed by atoms with Crippen LogP contribution in [0.3, 0.4) is 0 Å². The number of nitrogens with two attached hydrogens (primary N) is 1. The molecule has 0 saturated heterocycles. The Balaban J connectivity index is 2.69. The zero-order chi connectivity index (χ0) is 12.0. The number of hydrogen-bond donors (Lipinski definition) is 1. The monoisotopic (exact) mass is 219 g/mol. The molecule has 1 atom stereocenters. The van der Waals surface area contributed by atoms with Crippen molar-refractivity contribution in [1.29, 1.82) is 0 Å². The van der Waals surface area contributed by atoms with Gasteiger partial charge in [-0.2, -0.15) is 0 Å². The van der Waals surface area contributed by atoms with E-state index in [9.17, 15) is 4.79 Å². The van der Waals surface area contributed by atoms with Gasteiger partial charge in [-0.15, -0.1) is 6.58 Å². The molecule has 1 aromatic carbocycles. The summed E-state index contributed by atoms with van der Waals surface area (Å²) in [6.45, 7) is 3.69. The molecule has 0 aliphatic heterocycles. The second-order valence-corrected chi connectivity index (χ2v) is 3.65. The van der Waals surface area contributed by atoms with Gasteiger partial charge in [0.15, 0.2) is 0 Å². The van der Waals surface area contributed by atoms with Gasteiger partial charge in [0, 0.05) is 0 Å². The van der Waals surface area contributed by atoms with Gasteiger partial charge in [-0.1, -0.05) is 30.3 Å². The third-order valence-corrected chi connectivity index (χ3v) is 2.33.